The van der Waals surface area contributed by atoms with Crippen molar-refractivity contribution in [3.63, 3.8) is 0 Å². The van der Waals surface area contributed by atoms with Crippen LogP contribution in [0, 0.1) is 29.3 Å². The van der Waals surface area contributed by atoms with E-state index in [4.69, 9.17) is 15.3 Å². The molecule has 0 bridgehead atoms. The summed E-state index contributed by atoms with van der Waals surface area (Å²) in [6, 6.07) is 5.39. The molecule has 3 rings (SSSR count). The molecule has 1 fully saturated rings. The monoisotopic (exact) mass is 427 g/mol. The minimum Gasteiger partial charge on any atom is -0.494 e. The van der Waals surface area contributed by atoms with Gasteiger partial charge in [0.2, 0.25) is 0 Å². The molecule has 0 heterocycles. The van der Waals surface area contributed by atoms with Gasteiger partial charge in [0.05, 0.1) is 19.3 Å². The standard InChI is InChI=1S/C20H22F3N3O2.H2O2/c1-12-4-5-15(13(21)10-12)25-19-17(23)14(22)11-16(28-2)18(19)26-20(7-8-20)6-3-9-24-27;1-2/h4-5,10-11,25-26H,3,6-9H2,1-2H3;1-2H. The zero-order chi connectivity index (χ0) is 22.3. The summed E-state index contributed by atoms with van der Waals surface area (Å²) in [7, 11) is 1.35. The van der Waals surface area contributed by atoms with Crippen LogP contribution < -0.4 is 15.4 Å². The van der Waals surface area contributed by atoms with Gasteiger partial charge >= 0.3 is 0 Å². The van der Waals surface area contributed by atoms with E-state index >= 15 is 0 Å². The third-order valence-electron chi connectivity index (χ3n) is 4.94. The Labute approximate surface area is 171 Å². The van der Waals surface area contributed by atoms with Gasteiger partial charge in [-0.15, -0.1) is 0 Å². The van der Waals surface area contributed by atoms with Gasteiger partial charge in [-0.05, 0) is 50.3 Å². The average molecular weight is 427 g/mol. The van der Waals surface area contributed by atoms with Gasteiger partial charge in [0, 0.05) is 11.6 Å². The Morgan fingerprint density at radius 1 is 1.13 bits per heavy atom. The second-order valence-corrected chi connectivity index (χ2v) is 7.09. The Hall–Kier alpha value is -2.85. The molecule has 1 saturated carbocycles. The lowest BCUT2D eigenvalue weighted by molar-refractivity contribution is -0.176. The topological polar surface area (TPSA) is 103 Å². The number of nitrogens with zero attached hydrogens (tertiary/aromatic N) is 1. The lowest BCUT2D eigenvalue weighted by Gasteiger charge is -2.24. The first kappa shape index (κ1) is 23.4. The summed E-state index contributed by atoms with van der Waals surface area (Å²) in [6.45, 7) is 1.93. The molecular formula is C20H24F3N3O4. The van der Waals surface area contributed by atoms with E-state index in [1.54, 1.807) is 13.0 Å². The number of benzene rings is 2. The number of nitrogens with one attached hydrogen (secondary N) is 2. The number of anilines is 3. The van der Waals surface area contributed by atoms with Gasteiger partial charge in [-0.3, -0.25) is 10.5 Å². The molecule has 0 amide bonds. The molecule has 30 heavy (non-hydrogen) atoms. The van der Waals surface area contributed by atoms with Crippen LogP contribution >= 0.6 is 0 Å². The molecular weight excluding hydrogens is 403 g/mol. The molecule has 0 atom stereocenters. The fraction of sp³-hybridized carbons (Fsp3) is 0.400. The maximum absolute atomic E-state index is 14.7. The summed E-state index contributed by atoms with van der Waals surface area (Å²) in [5, 5.41) is 20.8. The van der Waals surface area contributed by atoms with E-state index in [2.05, 4.69) is 15.8 Å². The number of methoxy groups -OCH3 is 1. The van der Waals surface area contributed by atoms with Crippen molar-refractivity contribution in [2.45, 2.75) is 38.1 Å². The maximum atomic E-state index is 14.7. The fourth-order valence-electron chi connectivity index (χ4n) is 3.20. The first-order valence-corrected chi connectivity index (χ1v) is 9.25. The molecule has 0 radical (unpaired) electrons. The van der Waals surface area contributed by atoms with Gasteiger partial charge in [-0.2, -0.15) is 4.91 Å². The van der Waals surface area contributed by atoms with E-state index < -0.39 is 17.5 Å². The number of ether oxygens (including phenoxy) is 1. The van der Waals surface area contributed by atoms with Crippen molar-refractivity contribution in [2.75, 3.05) is 24.3 Å². The predicted molar refractivity (Wildman–Crippen MR) is 108 cm³/mol. The molecule has 1 aliphatic rings. The van der Waals surface area contributed by atoms with E-state index in [1.807, 2.05) is 0 Å². The Balaban J connectivity index is 0.00000155. The second-order valence-electron chi connectivity index (χ2n) is 7.09. The van der Waals surface area contributed by atoms with E-state index in [0.717, 1.165) is 18.9 Å². The number of nitroso groups, excluding NO2 is 1. The van der Waals surface area contributed by atoms with Gasteiger partial charge in [0.1, 0.15) is 22.9 Å². The summed E-state index contributed by atoms with van der Waals surface area (Å²) in [4.78, 5) is 10.3. The molecule has 0 aromatic heterocycles. The minimum atomic E-state index is -1.13. The molecule has 2 aromatic rings. The van der Waals surface area contributed by atoms with E-state index in [0.29, 0.717) is 18.4 Å². The first-order chi connectivity index (χ1) is 14.4. The second kappa shape index (κ2) is 10.3. The van der Waals surface area contributed by atoms with Crippen LogP contribution in [0.5, 0.6) is 5.75 Å². The minimum absolute atomic E-state index is 0.0233. The van der Waals surface area contributed by atoms with Crippen LogP contribution in [0.2, 0.25) is 0 Å². The molecule has 0 unspecified atom stereocenters. The van der Waals surface area contributed by atoms with Gasteiger partial charge in [-0.25, -0.2) is 13.2 Å². The maximum Gasteiger partial charge on any atom is 0.184 e. The van der Waals surface area contributed by atoms with E-state index in [9.17, 15) is 18.1 Å². The van der Waals surface area contributed by atoms with Crippen LogP contribution in [0.4, 0.5) is 30.2 Å². The van der Waals surface area contributed by atoms with Crippen LogP contribution in [-0.2, 0) is 0 Å². The summed E-state index contributed by atoms with van der Waals surface area (Å²) in [6.07, 6.45) is 2.86. The van der Waals surface area contributed by atoms with Gasteiger partial charge in [-0.1, -0.05) is 11.2 Å². The predicted octanol–water partition coefficient (Wildman–Crippen LogP) is 5.67. The van der Waals surface area contributed by atoms with Crippen LogP contribution in [0.1, 0.15) is 31.2 Å². The lowest BCUT2D eigenvalue weighted by atomic mass is 10.1. The van der Waals surface area contributed by atoms with Gasteiger partial charge < -0.3 is 15.4 Å². The first-order valence-electron chi connectivity index (χ1n) is 9.25. The van der Waals surface area contributed by atoms with E-state index in [1.165, 1.54) is 19.2 Å². The number of hydrogen-bond acceptors (Lipinski definition) is 7. The third kappa shape index (κ3) is 5.39. The summed E-state index contributed by atoms with van der Waals surface area (Å²) >= 11 is 0. The van der Waals surface area contributed by atoms with Crippen molar-refractivity contribution in [2.24, 2.45) is 5.18 Å². The number of halogens is 3. The molecule has 164 valence electrons. The third-order valence-corrected chi connectivity index (χ3v) is 4.94. The molecule has 0 aliphatic heterocycles. The van der Waals surface area contributed by atoms with Crippen LogP contribution in [0.15, 0.2) is 29.4 Å². The number of aryl methyl sites for hydroxylation is 1. The average Bonchev–Trinajstić information content (AvgIpc) is 3.50. The fourth-order valence-corrected chi connectivity index (χ4v) is 3.20. The number of rotatable bonds is 9. The molecule has 2 aromatic carbocycles. The molecule has 7 nitrogen and oxygen atoms in total. The highest BCUT2D eigenvalue weighted by molar-refractivity contribution is 5.81. The quantitative estimate of drug-likeness (QED) is 0.178. The van der Waals surface area contributed by atoms with Gasteiger partial charge in [0.15, 0.2) is 11.6 Å². The highest BCUT2D eigenvalue weighted by Crippen LogP contribution is 2.48. The van der Waals surface area contributed by atoms with Crippen molar-refractivity contribution in [3.8, 4) is 5.75 Å². The molecule has 10 heteroatoms. The summed E-state index contributed by atoms with van der Waals surface area (Å²) < 4.78 is 48.3. The smallest absolute Gasteiger partial charge is 0.184 e. The van der Waals surface area contributed by atoms with Crippen molar-refractivity contribution < 1.29 is 28.4 Å². The Kier molecular flexibility index (Phi) is 8.01. The zero-order valence-electron chi connectivity index (χ0n) is 16.6. The van der Waals surface area contributed by atoms with Crippen LogP contribution in [-0.4, -0.2) is 29.7 Å². The molecule has 4 N–H and O–H groups in total. The summed E-state index contributed by atoms with van der Waals surface area (Å²) in [5.74, 6) is -2.71. The van der Waals surface area contributed by atoms with Crippen molar-refractivity contribution >= 4 is 17.1 Å². The molecule has 0 saturated heterocycles. The Bertz CT molecular complexity index is 892. The largest absolute Gasteiger partial charge is 0.494 e. The van der Waals surface area contributed by atoms with E-state index in [-0.39, 0.29) is 34.9 Å². The molecule has 0 spiro atoms. The SMILES string of the molecule is COc1cc(F)c(F)c(Nc2ccc(C)cc2F)c1NC1(CCCN=O)CC1.OO. The Morgan fingerprint density at radius 2 is 1.83 bits per heavy atom. The van der Waals surface area contributed by atoms with Crippen molar-refractivity contribution in [3.05, 3.63) is 52.2 Å². The zero-order valence-corrected chi connectivity index (χ0v) is 16.6. The summed E-state index contributed by atoms with van der Waals surface area (Å²) in [5.41, 5.74) is 0.386. The van der Waals surface area contributed by atoms with Crippen LogP contribution in [0.3, 0.4) is 0 Å². The highest BCUT2D eigenvalue weighted by atomic mass is 19.2. The highest BCUT2D eigenvalue weighted by Gasteiger charge is 2.43. The molecule has 1 aliphatic carbocycles. The van der Waals surface area contributed by atoms with Crippen LogP contribution in [0.25, 0.3) is 0 Å². The normalized spacial score (nSPS) is 13.7. The van der Waals surface area contributed by atoms with Crippen molar-refractivity contribution in [1.29, 1.82) is 0 Å². The lowest BCUT2D eigenvalue weighted by Crippen LogP contribution is -2.23. The van der Waals surface area contributed by atoms with Gasteiger partial charge in [0.25, 0.3) is 0 Å². The Morgan fingerprint density at radius 3 is 2.40 bits per heavy atom. The number of hydrogen-bond donors (Lipinski definition) is 4. The van der Waals surface area contributed by atoms with Crippen molar-refractivity contribution in [1.82, 2.24) is 0 Å².